The van der Waals surface area contributed by atoms with E-state index < -0.39 is 31.0 Å². The standard InChI is InChI=1S/C13H11ClF3N5O2/c14-7-1-3-18-8(5-7)11(23)21-9-6-20-22-10(9)12(24)19-4-2-13(15,16)17/h1,3,5-6H,2,4H2,(H,19,24)(H,20,22)(H,21,23). The second-order valence-corrected chi connectivity index (χ2v) is 5.03. The number of nitrogens with zero attached hydrogens (tertiary/aromatic N) is 2. The Bertz CT molecular complexity index is 747. The first-order chi connectivity index (χ1) is 11.3. The quantitative estimate of drug-likeness (QED) is 0.761. The molecule has 7 nitrogen and oxygen atoms in total. The number of H-pyrrole nitrogens is 1. The van der Waals surface area contributed by atoms with Crippen LogP contribution >= 0.6 is 11.6 Å². The fourth-order valence-electron chi connectivity index (χ4n) is 1.68. The second-order valence-electron chi connectivity index (χ2n) is 4.59. The van der Waals surface area contributed by atoms with Gasteiger partial charge in [-0.25, -0.2) is 0 Å². The number of pyridine rings is 1. The third-order valence-electron chi connectivity index (χ3n) is 2.76. The monoisotopic (exact) mass is 361 g/mol. The van der Waals surface area contributed by atoms with E-state index >= 15 is 0 Å². The van der Waals surface area contributed by atoms with Crippen molar-refractivity contribution in [2.24, 2.45) is 0 Å². The summed E-state index contributed by atoms with van der Waals surface area (Å²) in [5, 5.41) is 10.7. The van der Waals surface area contributed by atoms with Gasteiger partial charge in [-0.15, -0.1) is 0 Å². The maximum absolute atomic E-state index is 12.1. The number of hydrogen-bond acceptors (Lipinski definition) is 4. The number of carbonyl (C=O) groups excluding carboxylic acids is 2. The highest BCUT2D eigenvalue weighted by molar-refractivity contribution is 6.31. The Balaban J connectivity index is 2.02. The lowest BCUT2D eigenvalue weighted by Crippen LogP contribution is -2.29. The van der Waals surface area contributed by atoms with Crippen molar-refractivity contribution < 1.29 is 22.8 Å². The molecule has 11 heteroatoms. The lowest BCUT2D eigenvalue weighted by molar-refractivity contribution is -0.133. The number of hydrogen-bond donors (Lipinski definition) is 3. The first kappa shape index (κ1) is 17.7. The van der Waals surface area contributed by atoms with Crippen LogP contribution in [0, 0.1) is 0 Å². The second kappa shape index (κ2) is 7.30. The van der Waals surface area contributed by atoms with Crippen molar-refractivity contribution >= 4 is 29.1 Å². The summed E-state index contributed by atoms with van der Waals surface area (Å²) in [7, 11) is 0. The minimum Gasteiger partial charge on any atom is -0.350 e. The van der Waals surface area contributed by atoms with Gasteiger partial charge in [0.2, 0.25) is 0 Å². The van der Waals surface area contributed by atoms with Crippen LogP contribution in [-0.2, 0) is 0 Å². The summed E-state index contributed by atoms with van der Waals surface area (Å²) in [5.74, 6) is -1.48. The maximum atomic E-state index is 12.1. The molecule has 0 spiro atoms. The van der Waals surface area contributed by atoms with Gasteiger partial charge in [0.25, 0.3) is 11.8 Å². The molecule has 2 amide bonds. The van der Waals surface area contributed by atoms with Crippen molar-refractivity contribution in [2.75, 3.05) is 11.9 Å². The highest BCUT2D eigenvalue weighted by Gasteiger charge is 2.27. The summed E-state index contributed by atoms with van der Waals surface area (Å²) in [6, 6.07) is 2.80. The highest BCUT2D eigenvalue weighted by atomic mass is 35.5. The van der Waals surface area contributed by atoms with Crippen molar-refractivity contribution in [1.29, 1.82) is 0 Å². The zero-order chi connectivity index (χ0) is 17.7. The van der Waals surface area contributed by atoms with Crippen molar-refractivity contribution in [2.45, 2.75) is 12.6 Å². The zero-order valence-electron chi connectivity index (χ0n) is 11.9. The van der Waals surface area contributed by atoms with Gasteiger partial charge in [-0.05, 0) is 12.1 Å². The topological polar surface area (TPSA) is 99.8 Å². The van der Waals surface area contributed by atoms with Crippen LogP contribution in [0.4, 0.5) is 18.9 Å². The summed E-state index contributed by atoms with van der Waals surface area (Å²) in [6.45, 7) is -0.593. The molecular formula is C13H11ClF3N5O2. The van der Waals surface area contributed by atoms with Gasteiger partial charge in [-0.2, -0.15) is 18.3 Å². The van der Waals surface area contributed by atoms with Gasteiger partial charge in [0.05, 0.1) is 18.3 Å². The molecule has 3 N–H and O–H groups in total. The fourth-order valence-corrected chi connectivity index (χ4v) is 1.84. The van der Waals surface area contributed by atoms with Gasteiger partial charge < -0.3 is 10.6 Å². The van der Waals surface area contributed by atoms with E-state index in [2.05, 4.69) is 25.8 Å². The molecule has 2 aromatic rings. The van der Waals surface area contributed by atoms with Crippen LogP contribution in [0.2, 0.25) is 5.02 Å². The molecule has 0 aliphatic rings. The molecule has 0 unspecified atom stereocenters. The number of rotatable bonds is 5. The summed E-state index contributed by atoms with van der Waals surface area (Å²) in [5.41, 5.74) is -0.161. The molecule has 2 heterocycles. The molecule has 0 fully saturated rings. The van der Waals surface area contributed by atoms with Crippen LogP contribution in [0.1, 0.15) is 27.4 Å². The van der Waals surface area contributed by atoms with E-state index in [1.165, 1.54) is 18.3 Å². The Morgan fingerprint density at radius 2 is 2.04 bits per heavy atom. The van der Waals surface area contributed by atoms with Crippen molar-refractivity contribution in [3.05, 3.63) is 40.9 Å². The number of anilines is 1. The summed E-state index contributed by atoms with van der Waals surface area (Å²) in [6.07, 6.45) is -3.06. The molecular weight excluding hydrogens is 351 g/mol. The molecule has 0 bridgehead atoms. The molecule has 0 aliphatic carbocycles. The van der Waals surface area contributed by atoms with Gasteiger partial charge in [-0.3, -0.25) is 19.7 Å². The number of alkyl halides is 3. The molecule has 0 radical (unpaired) electrons. The smallest absolute Gasteiger partial charge is 0.350 e. The molecule has 0 aliphatic heterocycles. The van der Waals surface area contributed by atoms with Crippen LogP contribution in [-0.4, -0.2) is 39.7 Å². The van der Waals surface area contributed by atoms with Gasteiger partial charge in [0.15, 0.2) is 0 Å². The fraction of sp³-hybridized carbons (Fsp3) is 0.231. The molecule has 0 saturated heterocycles. The van der Waals surface area contributed by atoms with E-state index in [4.69, 9.17) is 11.6 Å². The van der Waals surface area contributed by atoms with Crippen molar-refractivity contribution in [1.82, 2.24) is 20.5 Å². The van der Waals surface area contributed by atoms with E-state index in [0.29, 0.717) is 5.02 Å². The Morgan fingerprint density at radius 3 is 2.71 bits per heavy atom. The minimum atomic E-state index is -4.38. The molecule has 24 heavy (non-hydrogen) atoms. The van der Waals surface area contributed by atoms with E-state index in [1.54, 1.807) is 0 Å². The largest absolute Gasteiger partial charge is 0.390 e. The first-order valence-corrected chi connectivity index (χ1v) is 6.95. The zero-order valence-corrected chi connectivity index (χ0v) is 12.7. The normalized spacial score (nSPS) is 11.2. The van der Waals surface area contributed by atoms with E-state index in [9.17, 15) is 22.8 Å². The average Bonchev–Trinajstić information content (AvgIpc) is 2.94. The Kier molecular flexibility index (Phi) is 5.39. The molecule has 128 valence electrons. The lowest BCUT2D eigenvalue weighted by Gasteiger charge is -2.08. The van der Waals surface area contributed by atoms with Gasteiger partial charge in [0.1, 0.15) is 11.4 Å². The van der Waals surface area contributed by atoms with Crippen molar-refractivity contribution in [3.8, 4) is 0 Å². The van der Waals surface area contributed by atoms with Crippen LogP contribution in [0.5, 0.6) is 0 Å². The predicted octanol–water partition coefficient (Wildman–Crippen LogP) is 2.39. The van der Waals surface area contributed by atoms with E-state index in [-0.39, 0.29) is 17.1 Å². The first-order valence-electron chi connectivity index (χ1n) is 6.57. The summed E-state index contributed by atoms with van der Waals surface area (Å²) < 4.78 is 36.2. The van der Waals surface area contributed by atoms with Gasteiger partial charge >= 0.3 is 6.18 Å². The number of halogens is 4. The third kappa shape index (κ3) is 4.95. The summed E-state index contributed by atoms with van der Waals surface area (Å²) in [4.78, 5) is 27.7. The van der Waals surface area contributed by atoms with Crippen LogP contribution in [0.15, 0.2) is 24.5 Å². The van der Waals surface area contributed by atoms with Crippen LogP contribution < -0.4 is 10.6 Å². The highest BCUT2D eigenvalue weighted by Crippen LogP contribution is 2.19. The number of amides is 2. The molecule has 0 aromatic carbocycles. The SMILES string of the molecule is O=C(Nc1cn[nH]c1C(=O)NCCC(F)(F)F)c1cc(Cl)ccn1. The molecule has 0 atom stereocenters. The van der Waals surface area contributed by atoms with Crippen LogP contribution in [0.3, 0.4) is 0 Å². The van der Waals surface area contributed by atoms with E-state index in [1.807, 2.05) is 0 Å². The molecule has 2 rings (SSSR count). The van der Waals surface area contributed by atoms with Gasteiger partial charge in [-0.1, -0.05) is 11.6 Å². The van der Waals surface area contributed by atoms with Crippen LogP contribution in [0.25, 0.3) is 0 Å². The Morgan fingerprint density at radius 1 is 1.29 bits per heavy atom. The van der Waals surface area contributed by atoms with Crippen molar-refractivity contribution in [3.63, 3.8) is 0 Å². The van der Waals surface area contributed by atoms with E-state index in [0.717, 1.165) is 6.20 Å². The Hall–Kier alpha value is -2.62. The maximum Gasteiger partial charge on any atom is 0.390 e. The minimum absolute atomic E-state index is 0.00582. The lowest BCUT2D eigenvalue weighted by atomic mass is 10.3. The molecule has 0 saturated carbocycles. The Labute approximate surface area is 138 Å². The van der Waals surface area contributed by atoms with Gasteiger partial charge in [0, 0.05) is 17.8 Å². The number of aromatic nitrogens is 3. The molecule has 2 aromatic heterocycles. The average molecular weight is 362 g/mol. The summed E-state index contributed by atoms with van der Waals surface area (Å²) >= 11 is 5.75. The number of carbonyl (C=O) groups is 2. The third-order valence-corrected chi connectivity index (χ3v) is 3.00. The predicted molar refractivity (Wildman–Crippen MR) is 78.8 cm³/mol. The number of aromatic amines is 1. The number of nitrogens with one attached hydrogen (secondary N) is 3.